The van der Waals surface area contributed by atoms with Crippen LogP contribution in [0.1, 0.15) is 46.6 Å². The molecule has 0 aliphatic rings. The monoisotopic (exact) mass is 307 g/mol. The highest BCUT2D eigenvalue weighted by atomic mass is 32.2. The number of rotatable bonds is 7. The van der Waals surface area contributed by atoms with Gasteiger partial charge in [-0.1, -0.05) is 50.3 Å². The lowest BCUT2D eigenvalue weighted by Crippen LogP contribution is -2.46. The van der Waals surface area contributed by atoms with Crippen LogP contribution in [0.25, 0.3) is 0 Å². The van der Waals surface area contributed by atoms with Crippen LogP contribution >= 0.6 is 0 Å². The largest absolute Gasteiger partial charge is 0.242 e. The summed E-state index contributed by atoms with van der Waals surface area (Å²) in [5.41, 5.74) is 1.21. The van der Waals surface area contributed by atoms with E-state index in [0.29, 0.717) is 0 Å². The molecule has 3 heteroatoms. The Morgan fingerprint density at radius 2 is 1.76 bits per heavy atom. The molecule has 118 valence electrons. The van der Waals surface area contributed by atoms with Crippen LogP contribution in [-0.4, -0.2) is 15.0 Å². The first-order chi connectivity index (χ1) is 9.66. The van der Waals surface area contributed by atoms with E-state index in [4.69, 9.17) is 0 Å². The van der Waals surface area contributed by atoms with Gasteiger partial charge in [-0.2, -0.15) is 0 Å². The third kappa shape index (κ3) is 5.76. The number of hydrogen-bond donors (Lipinski definition) is 1. The first kappa shape index (κ1) is 18.1. The van der Waals surface area contributed by atoms with E-state index in [1.807, 2.05) is 32.9 Å². The third-order valence-corrected chi connectivity index (χ3v) is 5.41. The van der Waals surface area contributed by atoms with Crippen LogP contribution in [0, 0.1) is 5.41 Å². The molecule has 0 aromatic heterocycles. The van der Waals surface area contributed by atoms with E-state index in [1.165, 1.54) is 5.56 Å². The molecular weight excluding hydrogens is 278 g/mol. The molecule has 0 unspecified atom stereocenters. The maximum atomic E-state index is 12.4. The second-order valence-corrected chi connectivity index (χ2v) is 9.10. The van der Waals surface area contributed by atoms with Crippen LogP contribution in [0.4, 0.5) is 0 Å². The summed E-state index contributed by atoms with van der Waals surface area (Å²) in [6.07, 6.45) is 3.86. The predicted octanol–water partition coefficient (Wildman–Crippen LogP) is 4.25. The van der Waals surface area contributed by atoms with E-state index in [0.717, 1.165) is 12.8 Å². The molecule has 0 spiro atoms. The summed E-state index contributed by atoms with van der Waals surface area (Å²) >= 11 is 0. The van der Waals surface area contributed by atoms with Gasteiger partial charge in [-0.25, -0.2) is 8.93 Å². The lowest BCUT2D eigenvalue weighted by molar-refractivity contribution is 0.331. The van der Waals surface area contributed by atoms with Gasteiger partial charge in [-0.3, -0.25) is 0 Å². The number of hydrogen-bond acceptors (Lipinski definition) is 1. The molecule has 0 amide bonds. The molecule has 0 aliphatic carbocycles. The normalized spacial score (nSPS) is 15.5. The summed E-state index contributed by atoms with van der Waals surface area (Å²) in [4.78, 5) is 0. The standard InChI is InChI=1S/C18H29NOS/c1-7-18(5,6)16(19-21(20)17(2,3)4)14-13-15-11-9-8-10-12-15/h7-12,16,19H,1,13-14H2,2-6H3/t16-,21-/m0/s1. The van der Waals surface area contributed by atoms with Crippen molar-refractivity contribution >= 4 is 11.0 Å². The maximum absolute atomic E-state index is 12.4. The Balaban J connectivity index is 2.79. The lowest BCUT2D eigenvalue weighted by atomic mass is 9.82. The Bertz CT molecular complexity index is 474. The molecule has 2 nitrogen and oxygen atoms in total. The Labute approximate surface area is 132 Å². The average Bonchev–Trinajstić information content (AvgIpc) is 2.43. The molecule has 0 aliphatic heterocycles. The fourth-order valence-corrected chi connectivity index (χ4v) is 3.02. The van der Waals surface area contributed by atoms with Crippen LogP contribution in [0.5, 0.6) is 0 Å². The van der Waals surface area contributed by atoms with Crippen molar-refractivity contribution in [3.05, 3.63) is 48.6 Å². The molecule has 1 aromatic rings. The van der Waals surface area contributed by atoms with Crippen molar-refractivity contribution in [2.24, 2.45) is 5.41 Å². The molecular formula is C18H29NOS. The molecule has 0 bridgehead atoms. The molecule has 21 heavy (non-hydrogen) atoms. The number of nitrogens with one attached hydrogen (secondary N) is 1. The zero-order valence-electron chi connectivity index (χ0n) is 14.0. The average molecular weight is 308 g/mol. The predicted molar refractivity (Wildman–Crippen MR) is 93.6 cm³/mol. The van der Waals surface area contributed by atoms with Crippen molar-refractivity contribution in [3.63, 3.8) is 0 Å². The fraction of sp³-hybridized carbons (Fsp3) is 0.556. The van der Waals surface area contributed by atoms with Gasteiger partial charge in [0.15, 0.2) is 0 Å². The summed E-state index contributed by atoms with van der Waals surface area (Å²) < 4.78 is 15.5. The van der Waals surface area contributed by atoms with Crippen molar-refractivity contribution in [2.75, 3.05) is 0 Å². The minimum absolute atomic E-state index is 0.101. The van der Waals surface area contributed by atoms with E-state index in [1.54, 1.807) is 0 Å². The topological polar surface area (TPSA) is 29.1 Å². The molecule has 2 atom stereocenters. The summed E-state index contributed by atoms with van der Waals surface area (Å²) in [5, 5.41) is 0. The van der Waals surface area contributed by atoms with Crippen LogP contribution < -0.4 is 4.72 Å². The Hall–Kier alpha value is -0.930. The maximum Gasteiger partial charge on any atom is 0.0973 e. The minimum Gasteiger partial charge on any atom is -0.242 e. The molecule has 0 saturated heterocycles. The lowest BCUT2D eigenvalue weighted by Gasteiger charge is -2.34. The van der Waals surface area contributed by atoms with Crippen LogP contribution in [-0.2, 0) is 17.4 Å². The highest BCUT2D eigenvalue weighted by molar-refractivity contribution is 7.84. The van der Waals surface area contributed by atoms with Crippen LogP contribution in [0.2, 0.25) is 0 Å². The SMILES string of the molecule is C=CC(C)(C)[C@H](CCc1ccccc1)N[S@@](=O)C(C)(C)C. The number of benzene rings is 1. The van der Waals surface area contributed by atoms with Crippen LogP contribution in [0.15, 0.2) is 43.0 Å². The van der Waals surface area contributed by atoms with Gasteiger partial charge in [0.25, 0.3) is 0 Å². The molecule has 1 rings (SSSR count). The van der Waals surface area contributed by atoms with Crippen molar-refractivity contribution in [3.8, 4) is 0 Å². The highest BCUT2D eigenvalue weighted by Crippen LogP contribution is 2.27. The molecule has 0 saturated carbocycles. The first-order valence-electron chi connectivity index (χ1n) is 7.52. The molecule has 1 aromatic carbocycles. The van der Waals surface area contributed by atoms with E-state index >= 15 is 0 Å². The second kappa shape index (κ2) is 7.37. The third-order valence-electron chi connectivity index (χ3n) is 3.79. The summed E-state index contributed by atoms with van der Waals surface area (Å²) in [6, 6.07) is 10.6. The number of aryl methyl sites for hydroxylation is 1. The van der Waals surface area contributed by atoms with E-state index < -0.39 is 11.0 Å². The Kier molecular flexibility index (Phi) is 6.36. The van der Waals surface area contributed by atoms with Gasteiger partial charge in [0.1, 0.15) is 0 Å². The Morgan fingerprint density at radius 1 is 1.19 bits per heavy atom. The molecule has 0 fully saturated rings. The van der Waals surface area contributed by atoms with Gasteiger partial charge in [0.2, 0.25) is 0 Å². The molecule has 0 radical (unpaired) electrons. The zero-order chi connectivity index (χ0) is 16.1. The first-order valence-corrected chi connectivity index (χ1v) is 8.67. The van der Waals surface area contributed by atoms with E-state index in [-0.39, 0.29) is 16.2 Å². The van der Waals surface area contributed by atoms with E-state index in [2.05, 4.69) is 49.4 Å². The smallest absolute Gasteiger partial charge is 0.0973 e. The van der Waals surface area contributed by atoms with Gasteiger partial charge in [0, 0.05) is 6.04 Å². The fourth-order valence-electron chi connectivity index (χ4n) is 1.99. The highest BCUT2D eigenvalue weighted by Gasteiger charge is 2.30. The van der Waals surface area contributed by atoms with Crippen LogP contribution in [0.3, 0.4) is 0 Å². The Morgan fingerprint density at radius 3 is 2.24 bits per heavy atom. The van der Waals surface area contributed by atoms with Gasteiger partial charge in [0.05, 0.1) is 15.7 Å². The van der Waals surface area contributed by atoms with Gasteiger partial charge in [-0.05, 0) is 44.6 Å². The van der Waals surface area contributed by atoms with Crippen molar-refractivity contribution in [2.45, 2.75) is 58.2 Å². The minimum atomic E-state index is -1.07. The van der Waals surface area contributed by atoms with Gasteiger partial charge < -0.3 is 0 Å². The second-order valence-electron chi connectivity index (χ2n) is 7.10. The summed E-state index contributed by atoms with van der Waals surface area (Å²) in [7, 11) is -1.07. The van der Waals surface area contributed by atoms with Crippen molar-refractivity contribution in [1.29, 1.82) is 0 Å². The van der Waals surface area contributed by atoms with Gasteiger partial charge in [-0.15, -0.1) is 6.58 Å². The summed E-state index contributed by atoms with van der Waals surface area (Å²) in [5.74, 6) is 0. The van der Waals surface area contributed by atoms with Crippen molar-refractivity contribution < 1.29 is 4.21 Å². The molecule has 0 heterocycles. The zero-order valence-corrected chi connectivity index (χ0v) is 14.8. The van der Waals surface area contributed by atoms with Crippen molar-refractivity contribution in [1.82, 2.24) is 4.72 Å². The van der Waals surface area contributed by atoms with Gasteiger partial charge >= 0.3 is 0 Å². The molecule has 1 N–H and O–H groups in total. The summed E-state index contributed by atoms with van der Waals surface area (Å²) in [6.45, 7) is 14.2. The quantitative estimate of drug-likeness (QED) is 0.750. The van der Waals surface area contributed by atoms with E-state index in [9.17, 15) is 4.21 Å².